The van der Waals surface area contributed by atoms with E-state index in [-0.39, 0.29) is 6.09 Å². The van der Waals surface area contributed by atoms with Crippen LogP contribution in [0.25, 0.3) is 22.2 Å². The molecule has 0 unspecified atom stereocenters. The molecule has 1 amide bonds. The van der Waals surface area contributed by atoms with E-state index < -0.39 is 0 Å². The van der Waals surface area contributed by atoms with Crippen molar-refractivity contribution in [3.63, 3.8) is 0 Å². The molecule has 2 saturated heterocycles. The molecular weight excluding hydrogens is 432 g/mol. The van der Waals surface area contributed by atoms with E-state index in [0.29, 0.717) is 57.3 Å². The van der Waals surface area contributed by atoms with E-state index in [9.17, 15) is 4.79 Å². The normalized spacial score (nSPS) is 16.7. The summed E-state index contributed by atoms with van der Waals surface area (Å²) in [6.07, 6.45) is -0.260. The number of rotatable bonds is 4. The minimum atomic E-state index is -0.260. The number of nitrogens with two attached hydrogens (primary N) is 1. The van der Waals surface area contributed by atoms with Gasteiger partial charge in [-0.3, -0.25) is 0 Å². The summed E-state index contributed by atoms with van der Waals surface area (Å²) in [6, 6.07) is 14.3. The molecule has 3 aromatic rings. The third-order valence-corrected chi connectivity index (χ3v) is 6.29. The van der Waals surface area contributed by atoms with Gasteiger partial charge >= 0.3 is 6.09 Å². The van der Waals surface area contributed by atoms with E-state index in [1.807, 2.05) is 31.2 Å². The quantitative estimate of drug-likeness (QED) is 0.632. The summed E-state index contributed by atoms with van der Waals surface area (Å²) < 4.78 is 10.7. The van der Waals surface area contributed by atoms with E-state index in [1.54, 1.807) is 4.90 Å². The summed E-state index contributed by atoms with van der Waals surface area (Å²) in [5, 5.41) is 0.905. The van der Waals surface area contributed by atoms with E-state index in [0.717, 1.165) is 41.2 Å². The van der Waals surface area contributed by atoms with Crippen LogP contribution in [0.4, 0.5) is 22.1 Å². The lowest BCUT2D eigenvalue weighted by molar-refractivity contribution is 0.105. The number of amides is 1. The van der Waals surface area contributed by atoms with Gasteiger partial charge in [-0.2, -0.15) is 0 Å². The van der Waals surface area contributed by atoms with Crippen LogP contribution in [0.2, 0.25) is 0 Å². The Bertz CT molecular complexity index is 1160. The summed E-state index contributed by atoms with van der Waals surface area (Å²) in [4.78, 5) is 28.2. The molecule has 0 spiro atoms. The highest BCUT2D eigenvalue weighted by Crippen LogP contribution is 2.35. The van der Waals surface area contributed by atoms with Gasteiger partial charge in [0.2, 0.25) is 0 Å². The Labute approximate surface area is 199 Å². The van der Waals surface area contributed by atoms with Crippen molar-refractivity contribution in [1.29, 1.82) is 0 Å². The van der Waals surface area contributed by atoms with Crippen LogP contribution in [0.1, 0.15) is 6.92 Å². The number of piperazine rings is 1. The van der Waals surface area contributed by atoms with Crippen LogP contribution < -0.4 is 15.5 Å². The molecule has 0 bridgehead atoms. The third-order valence-electron chi connectivity index (χ3n) is 6.29. The Morgan fingerprint density at radius 3 is 2.35 bits per heavy atom. The zero-order valence-corrected chi connectivity index (χ0v) is 19.4. The summed E-state index contributed by atoms with van der Waals surface area (Å²) in [5.74, 6) is 1.63. The number of anilines is 3. The summed E-state index contributed by atoms with van der Waals surface area (Å²) in [6.45, 7) is 7.55. The number of aromatic nitrogens is 2. The monoisotopic (exact) mass is 462 g/mol. The number of hydrogen-bond donors (Lipinski definition) is 1. The zero-order chi connectivity index (χ0) is 23.5. The number of benzene rings is 1. The van der Waals surface area contributed by atoms with Gasteiger partial charge < -0.3 is 29.9 Å². The fraction of sp³-hybridized carbons (Fsp3) is 0.400. The van der Waals surface area contributed by atoms with E-state index in [2.05, 4.69) is 28.0 Å². The number of carbonyl (C=O) groups is 1. The Balaban J connectivity index is 1.53. The number of fused-ring (bicyclic) bond motifs is 1. The Morgan fingerprint density at radius 2 is 1.65 bits per heavy atom. The van der Waals surface area contributed by atoms with Crippen molar-refractivity contribution in [2.24, 2.45) is 0 Å². The van der Waals surface area contributed by atoms with Crippen LogP contribution in [-0.2, 0) is 9.47 Å². The second-order valence-corrected chi connectivity index (χ2v) is 8.45. The molecule has 4 heterocycles. The lowest BCUT2D eigenvalue weighted by Crippen LogP contribution is -2.49. The summed E-state index contributed by atoms with van der Waals surface area (Å²) in [7, 11) is 0. The van der Waals surface area contributed by atoms with Crippen LogP contribution in [0, 0.1) is 0 Å². The molecule has 9 heteroatoms. The highest BCUT2D eigenvalue weighted by molar-refractivity contribution is 5.91. The second-order valence-electron chi connectivity index (χ2n) is 8.45. The van der Waals surface area contributed by atoms with Gasteiger partial charge in [0.05, 0.1) is 25.5 Å². The predicted octanol–water partition coefficient (Wildman–Crippen LogP) is 2.99. The molecule has 2 N–H and O–H groups in total. The molecule has 5 rings (SSSR count). The molecule has 2 aliphatic heterocycles. The van der Waals surface area contributed by atoms with Crippen molar-refractivity contribution >= 4 is 34.4 Å². The fourth-order valence-corrected chi connectivity index (χ4v) is 4.52. The number of nitrogens with zero attached hydrogens (tertiary/aromatic N) is 5. The van der Waals surface area contributed by atoms with Crippen molar-refractivity contribution < 1.29 is 14.3 Å². The lowest BCUT2D eigenvalue weighted by atomic mass is 10.0. The number of hydrogen-bond acceptors (Lipinski definition) is 8. The topological polar surface area (TPSA) is 97.0 Å². The van der Waals surface area contributed by atoms with Gasteiger partial charge in [-0.05, 0) is 24.6 Å². The molecule has 2 fully saturated rings. The number of morpholine rings is 1. The maximum absolute atomic E-state index is 12.2. The molecule has 178 valence electrons. The molecule has 0 aliphatic carbocycles. The maximum Gasteiger partial charge on any atom is 0.409 e. The Hall–Kier alpha value is -3.59. The van der Waals surface area contributed by atoms with E-state index in [1.165, 1.54) is 0 Å². The first kappa shape index (κ1) is 22.2. The second kappa shape index (κ2) is 9.72. The van der Waals surface area contributed by atoms with Gasteiger partial charge in [0.15, 0.2) is 11.5 Å². The average molecular weight is 463 g/mol. The smallest absolute Gasteiger partial charge is 0.409 e. The van der Waals surface area contributed by atoms with Crippen molar-refractivity contribution in [2.45, 2.75) is 6.92 Å². The van der Waals surface area contributed by atoms with Crippen LogP contribution in [0.3, 0.4) is 0 Å². The van der Waals surface area contributed by atoms with Gasteiger partial charge in [-0.1, -0.05) is 30.3 Å². The van der Waals surface area contributed by atoms with Crippen LogP contribution >= 0.6 is 0 Å². The number of nitrogen functional groups attached to an aromatic ring is 1. The largest absolute Gasteiger partial charge is 0.450 e. The first-order chi connectivity index (χ1) is 16.6. The van der Waals surface area contributed by atoms with Crippen LogP contribution in [0.5, 0.6) is 0 Å². The highest BCUT2D eigenvalue weighted by Gasteiger charge is 2.26. The number of pyridine rings is 2. The molecule has 9 nitrogen and oxygen atoms in total. The molecule has 34 heavy (non-hydrogen) atoms. The average Bonchev–Trinajstić information content (AvgIpc) is 2.89. The summed E-state index contributed by atoms with van der Waals surface area (Å²) in [5.41, 5.74) is 9.84. The molecule has 2 aliphatic rings. The van der Waals surface area contributed by atoms with Crippen molar-refractivity contribution in [1.82, 2.24) is 14.9 Å². The van der Waals surface area contributed by atoms with Gasteiger partial charge in [0.1, 0.15) is 5.82 Å². The molecule has 1 aromatic carbocycles. The molecule has 0 atom stereocenters. The first-order valence-electron chi connectivity index (χ1n) is 11.8. The minimum absolute atomic E-state index is 0.260. The minimum Gasteiger partial charge on any atom is -0.450 e. The predicted molar refractivity (Wildman–Crippen MR) is 133 cm³/mol. The third kappa shape index (κ3) is 4.43. The van der Waals surface area contributed by atoms with Crippen LogP contribution in [-0.4, -0.2) is 80.1 Å². The van der Waals surface area contributed by atoms with E-state index >= 15 is 0 Å². The SMILES string of the molecule is CCOC(=O)N1CCN(c2nc3nc(N4CCOCC4)c(N)cc3cc2-c2ccccc2)CC1. The van der Waals surface area contributed by atoms with Gasteiger partial charge in [0.25, 0.3) is 0 Å². The lowest BCUT2D eigenvalue weighted by Gasteiger charge is -2.35. The molecule has 2 aromatic heterocycles. The molecule has 0 saturated carbocycles. The van der Waals surface area contributed by atoms with Gasteiger partial charge in [-0.25, -0.2) is 14.8 Å². The Morgan fingerprint density at radius 1 is 0.971 bits per heavy atom. The van der Waals surface area contributed by atoms with Crippen molar-refractivity contribution in [3.8, 4) is 11.1 Å². The van der Waals surface area contributed by atoms with E-state index in [4.69, 9.17) is 25.2 Å². The fourth-order valence-electron chi connectivity index (χ4n) is 4.52. The molecular formula is C25H30N6O3. The Kier molecular flexibility index (Phi) is 6.35. The van der Waals surface area contributed by atoms with Crippen molar-refractivity contribution in [2.75, 3.05) is 74.6 Å². The summed E-state index contributed by atoms with van der Waals surface area (Å²) >= 11 is 0. The molecule has 0 radical (unpaired) electrons. The van der Waals surface area contributed by atoms with Crippen LogP contribution in [0.15, 0.2) is 42.5 Å². The highest BCUT2D eigenvalue weighted by atomic mass is 16.6. The number of ether oxygens (including phenoxy) is 2. The van der Waals surface area contributed by atoms with Crippen molar-refractivity contribution in [3.05, 3.63) is 42.5 Å². The standard InChI is InChI=1S/C25H30N6O3/c1-2-34-25(32)31-10-8-29(9-11-31)23-20(18-6-4-3-5-7-18)16-19-17-21(26)24(28-22(19)27-23)30-12-14-33-15-13-30/h3-7,16-17H,2,8-15,26H2,1H3. The number of carbonyl (C=O) groups excluding carboxylic acids is 1. The first-order valence-corrected chi connectivity index (χ1v) is 11.8. The van der Waals surface area contributed by atoms with Gasteiger partial charge in [-0.15, -0.1) is 0 Å². The zero-order valence-electron chi connectivity index (χ0n) is 19.4. The van der Waals surface area contributed by atoms with Gasteiger partial charge in [0, 0.05) is 50.2 Å². The maximum atomic E-state index is 12.2.